The van der Waals surface area contributed by atoms with Crippen LogP contribution in [0.15, 0.2) is 71.7 Å². The zero-order valence-corrected chi connectivity index (χ0v) is 16.5. The van der Waals surface area contributed by atoms with Crippen molar-refractivity contribution in [2.24, 2.45) is 0 Å². The number of nitrogens with one attached hydrogen (secondary N) is 1. The summed E-state index contributed by atoms with van der Waals surface area (Å²) in [6.45, 7) is 1.24. The minimum atomic E-state index is -0.214. The number of halogens is 1. The zero-order valence-electron chi connectivity index (χ0n) is 15.7. The molecular formula is C22H16ClN5O2. The lowest BCUT2D eigenvalue weighted by atomic mass is 10.1. The quantitative estimate of drug-likeness (QED) is 0.552. The van der Waals surface area contributed by atoms with E-state index in [4.69, 9.17) is 16.6 Å². The molecule has 1 N–H and O–H groups in total. The van der Waals surface area contributed by atoms with Gasteiger partial charge in [0, 0.05) is 30.5 Å². The molecule has 30 heavy (non-hydrogen) atoms. The molecule has 0 spiro atoms. The number of amides is 2. The Hall–Kier alpha value is -3.71. The highest BCUT2D eigenvalue weighted by molar-refractivity contribution is 6.30. The van der Waals surface area contributed by atoms with Crippen molar-refractivity contribution in [3.63, 3.8) is 0 Å². The summed E-state index contributed by atoms with van der Waals surface area (Å²) in [6, 6.07) is 17.9. The molecule has 1 saturated heterocycles. The summed E-state index contributed by atoms with van der Waals surface area (Å²) in [5, 5.41) is 3.77. The number of hydrogen-bond donors (Lipinski definition) is 1. The number of anilines is 1. The highest BCUT2D eigenvalue weighted by Gasteiger charge is 2.21. The number of aromatic nitrogens is 3. The number of pyridine rings is 1. The first-order valence-corrected chi connectivity index (χ1v) is 9.79. The number of hydrogen-bond acceptors (Lipinski definition) is 4. The third-order valence-electron chi connectivity index (χ3n) is 5.01. The molecule has 1 aliphatic heterocycles. The highest BCUT2D eigenvalue weighted by Crippen LogP contribution is 2.25. The highest BCUT2D eigenvalue weighted by atomic mass is 35.5. The van der Waals surface area contributed by atoms with Crippen molar-refractivity contribution in [3.8, 4) is 17.2 Å². The van der Waals surface area contributed by atoms with Gasteiger partial charge in [0.05, 0.1) is 15.9 Å². The van der Waals surface area contributed by atoms with Crippen molar-refractivity contribution < 1.29 is 4.79 Å². The standard InChI is InChI=1S/C22H16ClN5O2/c23-15-7-10-19(25-13-15)28-20(26-18-4-2-1-3-17(18)21(28)29)14-5-8-16(9-6-14)27-12-11-24-22(27)30/h1-10,13H,11-12H2,(H,24,30). The van der Waals surface area contributed by atoms with Gasteiger partial charge in [0.15, 0.2) is 0 Å². The van der Waals surface area contributed by atoms with Crippen LogP contribution in [-0.4, -0.2) is 33.7 Å². The van der Waals surface area contributed by atoms with Crippen molar-refractivity contribution in [1.29, 1.82) is 0 Å². The molecule has 0 aliphatic carbocycles. The average Bonchev–Trinajstić information content (AvgIpc) is 3.20. The molecule has 1 fully saturated rings. The fourth-order valence-electron chi connectivity index (χ4n) is 3.55. The minimum absolute atomic E-state index is 0.117. The van der Waals surface area contributed by atoms with E-state index in [-0.39, 0.29) is 11.6 Å². The van der Waals surface area contributed by atoms with Crippen LogP contribution in [0, 0.1) is 0 Å². The first-order chi connectivity index (χ1) is 14.6. The van der Waals surface area contributed by atoms with Crippen molar-refractivity contribution in [1.82, 2.24) is 19.9 Å². The third-order valence-corrected chi connectivity index (χ3v) is 5.23. The molecule has 8 heteroatoms. The van der Waals surface area contributed by atoms with Gasteiger partial charge < -0.3 is 5.32 Å². The van der Waals surface area contributed by atoms with E-state index in [2.05, 4.69) is 10.3 Å². The SMILES string of the molecule is O=C1NCCN1c1ccc(-c2nc3ccccc3c(=O)n2-c2ccc(Cl)cn2)cc1. The molecule has 0 bridgehead atoms. The number of carbonyl (C=O) groups is 1. The predicted molar refractivity (Wildman–Crippen MR) is 116 cm³/mol. The van der Waals surface area contributed by atoms with Gasteiger partial charge in [0.1, 0.15) is 11.6 Å². The summed E-state index contributed by atoms with van der Waals surface area (Å²) in [6.07, 6.45) is 1.50. The van der Waals surface area contributed by atoms with Gasteiger partial charge in [-0.2, -0.15) is 0 Å². The lowest BCUT2D eigenvalue weighted by Gasteiger charge is -2.16. The van der Waals surface area contributed by atoms with Gasteiger partial charge in [0.2, 0.25) is 0 Å². The second-order valence-corrected chi connectivity index (χ2v) is 7.29. The Labute approximate surface area is 176 Å². The van der Waals surface area contributed by atoms with Gasteiger partial charge in [-0.05, 0) is 48.5 Å². The lowest BCUT2D eigenvalue weighted by Crippen LogP contribution is -2.27. The van der Waals surface area contributed by atoms with E-state index >= 15 is 0 Å². The van der Waals surface area contributed by atoms with Crippen LogP contribution in [0.1, 0.15) is 0 Å². The molecule has 0 radical (unpaired) electrons. The molecule has 2 aromatic carbocycles. The van der Waals surface area contributed by atoms with Crippen molar-refractivity contribution in [2.45, 2.75) is 0 Å². The largest absolute Gasteiger partial charge is 0.336 e. The Bertz CT molecular complexity index is 1320. The zero-order chi connectivity index (χ0) is 20.7. The summed E-state index contributed by atoms with van der Waals surface area (Å²) in [5.74, 6) is 0.895. The molecule has 0 atom stereocenters. The van der Waals surface area contributed by atoms with Gasteiger partial charge in [-0.15, -0.1) is 0 Å². The van der Waals surface area contributed by atoms with Gasteiger partial charge in [-0.3, -0.25) is 9.69 Å². The molecule has 4 aromatic rings. The fourth-order valence-corrected chi connectivity index (χ4v) is 3.66. The Morgan fingerprint density at radius 1 is 0.967 bits per heavy atom. The average molecular weight is 418 g/mol. The van der Waals surface area contributed by atoms with E-state index in [1.807, 2.05) is 36.4 Å². The number of nitrogens with zero attached hydrogens (tertiary/aromatic N) is 4. The van der Waals surface area contributed by atoms with Gasteiger partial charge in [-0.1, -0.05) is 23.7 Å². The van der Waals surface area contributed by atoms with Crippen LogP contribution in [0.2, 0.25) is 5.02 Å². The molecule has 148 valence electrons. The smallest absolute Gasteiger partial charge is 0.321 e. The summed E-state index contributed by atoms with van der Waals surface area (Å²) < 4.78 is 1.48. The molecule has 5 rings (SSSR count). The van der Waals surface area contributed by atoms with E-state index < -0.39 is 0 Å². The number of carbonyl (C=O) groups excluding carboxylic acids is 1. The number of benzene rings is 2. The van der Waals surface area contributed by atoms with Crippen LogP contribution < -0.4 is 15.8 Å². The van der Waals surface area contributed by atoms with E-state index in [1.165, 1.54) is 10.8 Å². The molecule has 0 saturated carbocycles. The molecule has 3 heterocycles. The van der Waals surface area contributed by atoms with E-state index in [1.54, 1.807) is 29.2 Å². The maximum atomic E-state index is 13.3. The number of rotatable bonds is 3. The second kappa shape index (κ2) is 7.27. The normalized spacial score (nSPS) is 13.6. The first-order valence-electron chi connectivity index (χ1n) is 9.41. The van der Waals surface area contributed by atoms with Gasteiger partial charge in [0.25, 0.3) is 5.56 Å². The fraction of sp³-hybridized carbons (Fsp3) is 0.0909. The Balaban J connectivity index is 1.69. The topological polar surface area (TPSA) is 80.1 Å². The Morgan fingerprint density at radius 2 is 1.77 bits per heavy atom. The first kappa shape index (κ1) is 18.3. The summed E-state index contributed by atoms with van der Waals surface area (Å²) >= 11 is 5.98. The maximum absolute atomic E-state index is 13.3. The molecule has 2 amide bonds. The minimum Gasteiger partial charge on any atom is -0.336 e. The molecule has 0 unspecified atom stereocenters. The Morgan fingerprint density at radius 3 is 2.47 bits per heavy atom. The van der Waals surface area contributed by atoms with Crippen LogP contribution in [0.25, 0.3) is 28.1 Å². The number of urea groups is 1. The predicted octanol–water partition coefficient (Wildman–Crippen LogP) is 3.63. The van der Waals surface area contributed by atoms with Gasteiger partial charge in [-0.25, -0.2) is 19.3 Å². The summed E-state index contributed by atoms with van der Waals surface area (Å²) in [5.41, 5.74) is 1.91. The number of fused-ring (bicyclic) bond motifs is 1. The van der Waals surface area contributed by atoms with Gasteiger partial charge >= 0.3 is 6.03 Å². The van der Waals surface area contributed by atoms with Crippen molar-refractivity contribution >= 4 is 34.2 Å². The lowest BCUT2D eigenvalue weighted by molar-refractivity contribution is 0.252. The molecular weight excluding hydrogens is 402 g/mol. The van der Waals surface area contributed by atoms with Crippen LogP contribution in [0.3, 0.4) is 0 Å². The molecule has 1 aliphatic rings. The van der Waals surface area contributed by atoms with Crippen LogP contribution in [0.5, 0.6) is 0 Å². The number of para-hydroxylation sites is 1. The van der Waals surface area contributed by atoms with Crippen molar-refractivity contribution in [3.05, 3.63) is 82.2 Å². The van der Waals surface area contributed by atoms with E-state index in [9.17, 15) is 9.59 Å². The second-order valence-electron chi connectivity index (χ2n) is 6.86. The van der Waals surface area contributed by atoms with Crippen molar-refractivity contribution in [2.75, 3.05) is 18.0 Å². The van der Waals surface area contributed by atoms with E-state index in [0.29, 0.717) is 40.7 Å². The molecule has 7 nitrogen and oxygen atoms in total. The summed E-state index contributed by atoms with van der Waals surface area (Å²) in [4.78, 5) is 36.0. The van der Waals surface area contributed by atoms with E-state index in [0.717, 1.165) is 11.3 Å². The summed E-state index contributed by atoms with van der Waals surface area (Å²) in [7, 11) is 0. The monoisotopic (exact) mass is 417 g/mol. The van der Waals surface area contributed by atoms with Crippen LogP contribution >= 0.6 is 11.6 Å². The van der Waals surface area contributed by atoms with Crippen LogP contribution in [-0.2, 0) is 0 Å². The van der Waals surface area contributed by atoms with Crippen LogP contribution in [0.4, 0.5) is 10.5 Å². The maximum Gasteiger partial charge on any atom is 0.321 e. The molecule has 2 aromatic heterocycles. The Kier molecular flexibility index (Phi) is 4.44. The third kappa shape index (κ3) is 3.09.